The third kappa shape index (κ3) is 43.2. The molecule has 0 rings (SSSR count). The van der Waals surface area contributed by atoms with Crippen molar-refractivity contribution in [3.63, 3.8) is 0 Å². The lowest BCUT2D eigenvalue weighted by molar-refractivity contribution is -0.141. The average molecular weight is 885 g/mol. The van der Waals surface area contributed by atoms with Gasteiger partial charge in [-0.25, -0.2) is 9.59 Å². The first-order valence-corrected chi connectivity index (χ1v) is 28.1. The van der Waals surface area contributed by atoms with E-state index in [1.807, 2.05) is 0 Å². The number of aliphatic carboxylic acids is 2. The second-order valence-electron chi connectivity index (χ2n) is 17.7. The van der Waals surface area contributed by atoms with E-state index >= 15 is 0 Å². The van der Waals surface area contributed by atoms with Gasteiger partial charge in [-0.3, -0.25) is 9.59 Å². The number of carbonyl (C=O) groups is 4. The molecule has 0 unspecified atom stereocenters. The molecule has 0 heterocycles. The molecule has 0 bridgehead atoms. The molecule has 2 atom stereocenters. The molecule has 0 aromatic heterocycles. The smallest absolute Gasteiger partial charge is 0.327 e. The Morgan fingerprint density at radius 2 is 0.517 bits per heavy atom. The molecule has 8 nitrogen and oxygen atoms in total. The van der Waals surface area contributed by atoms with Gasteiger partial charge in [0.2, 0.25) is 11.8 Å². The Morgan fingerprint density at radius 1 is 0.333 bits per heavy atom. The van der Waals surface area contributed by atoms with Crippen molar-refractivity contribution in [2.75, 3.05) is 11.5 Å². The monoisotopic (exact) mass is 885 g/mol. The molecule has 0 spiro atoms. The maximum atomic E-state index is 12.4. The molecular formula is C50H96N2O6S2. The van der Waals surface area contributed by atoms with Crippen molar-refractivity contribution >= 4 is 45.3 Å². The third-order valence-corrected chi connectivity index (χ3v) is 14.3. The lowest BCUT2D eigenvalue weighted by atomic mass is 10.0. The van der Waals surface area contributed by atoms with Crippen LogP contribution in [0.1, 0.15) is 271 Å². The summed E-state index contributed by atoms with van der Waals surface area (Å²) >= 11 is 0. The fraction of sp³-hybridized carbons (Fsp3) is 0.920. The van der Waals surface area contributed by atoms with Gasteiger partial charge in [0.25, 0.3) is 0 Å². The van der Waals surface area contributed by atoms with E-state index in [4.69, 9.17) is 0 Å². The van der Waals surface area contributed by atoms with Gasteiger partial charge in [-0.05, 0) is 12.8 Å². The number of carbonyl (C=O) groups excluding carboxylic acids is 2. The quantitative estimate of drug-likeness (QED) is 0.0351. The Bertz CT molecular complexity index is 910. The standard InChI is InChI=1S/C50H96N2O6S2/c1-3-5-7-9-11-13-15-17-19-21-23-25-27-29-31-33-35-37-39-41-47(53)51-45(49(55)56)43-59-60-44-46(50(57)58)52-48(54)42-40-38-36-34-32-30-28-26-24-22-20-18-16-14-12-10-8-6-4-2/h45-46H,3-44H2,1-2H3,(H,51,53)(H,52,54)(H,55,56)(H,57,58)/t45-,46-/m0/s1. The second-order valence-corrected chi connectivity index (χ2v) is 20.3. The van der Waals surface area contributed by atoms with E-state index in [2.05, 4.69) is 24.5 Å². The summed E-state index contributed by atoms with van der Waals surface area (Å²) in [4.78, 5) is 48.5. The number of carboxylic acids is 2. The van der Waals surface area contributed by atoms with Gasteiger partial charge >= 0.3 is 11.9 Å². The molecule has 0 aliphatic rings. The minimum Gasteiger partial charge on any atom is -0.480 e. The van der Waals surface area contributed by atoms with Crippen LogP contribution in [-0.2, 0) is 19.2 Å². The van der Waals surface area contributed by atoms with Crippen molar-refractivity contribution in [3.8, 4) is 0 Å². The van der Waals surface area contributed by atoms with Gasteiger partial charge in [-0.2, -0.15) is 0 Å². The molecule has 0 saturated heterocycles. The minimum atomic E-state index is -1.10. The van der Waals surface area contributed by atoms with E-state index in [1.165, 1.54) is 227 Å². The Labute approximate surface area is 378 Å². The summed E-state index contributed by atoms with van der Waals surface area (Å²) in [6.45, 7) is 4.55. The van der Waals surface area contributed by atoms with Crippen LogP contribution in [0.3, 0.4) is 0 Å². The van der Waals surface area contributed by atoms with Crippen LogP contribution in [0.5, 0.6) is 0 Å². The van der Waals surface area contributed by atoms with Crippen molar-refractivity contribution in [2.45, 2.75) is 283 Å². The highest BCUT2D eigenvalue weighted by Crippen LogP contribution is 2.24. The predicted molar refractivity (Wildman–Crippen MR) is 260 cm³/mol. The van der Waals surface area contributed by atoms with Gasteiger partial charge in [0.05, 0.1) is 0 Å². The highest BCUT2D eigenvalue weighted by Gasteiger charge is 2.23. The van der Waals surface area contributed by atoms with Crippen LogP contribution in [0.2, 0.25) is 0 Å². The number of hydrogen-bond acceptors (Lipinski definition) is 6. The molecule has 0 aromatic rings. The van der Waals surface area contributed by atoms with Crippen molar-refractivity contribution in [3.05, 3.63) is 0 Å². The number of nitrogens with one attached hydrogen (secondary N) is 2. The Hall–Kier alpha value is -1.42. The van der Waals surface area contributed by atoms with Crippen LogP contribution >= 0.6 is 21.6 Å². The lowest BCUT2D eigenvalue weighted by Gasteiger charge is -2.16. The van der Waals surface area contributed by atoms with E-state index in [-0.39, 0.29) is 23.3 Å². The summed E-state index contributed by atoms with van der Waals surface area (Å²) in [6, 6.07) is -2.08. The SMILES string of the molecule is CCCCCCCCCCCCCCCCCCCCCC(=O)N[C@@H](CSSC[C@H](NC(=O)CCCCCCCCCCCCCCCCCCCCC)C(=O)O)C(=O)O. The molecule has 4 N–H and O–H groups in total. The molecule has 0 aliphatic heterocycles. The van der Waals surface area contributed by atoms with Crippen LogP contribution in [0, 0.1) is 0 Å². The maximum Gasteiger partial charge on any atom is 0.327 e. The molecule has 0 radical (unpaired) electrons. The Morgan fingerprint density at radius 3 is 0.700 bits per heavy atom. The molecule has 10 heteroatoms. The number of unbranched alkanes of at least 4 members (excludes halogenated alkanes) is 36. The van der Waals surface area contributed by atoms with Gasteiger partial charge in [-0.1, -0.05) is 267 Å². The van der Waals surface area contributed by atoms with Crippen LogP contribution in [0.15, 0.2) is 0 Å². The summed E-state index contributed by atoms with van der Waals surface area (Å²) in [5.41, 5.74) is 0. The third-order valence-electron chi connectivity index (χ3n) is 11.8. The molecule has 354 valence electrons. The minimum absolute atomic E-state index is 0.116. The predicted octanol–water partition coefficient (Wildman–Crippen LogP) is 15.2. The van der Waals surface area contributed by atoms with Crippen molar-refractivity contribution < 1.29 is 29.4 Å². The summed E-state index contributed by atoms with van der Waals surface area (Å²) in [6.07, 6.45) is 49.6. The summed E-state index contributed by atoms with van der Waals surface area (Å²) in [5.74, 6) is -2.50. The van der Waals surface area contributed by atoms with Crippen LogP contribution in [0.4, 0.5) is 0 Å². The number of hydrogen-bond donors (Lipinski definition) is 4. The number of amides is 2. The van der Waals surface area contributed by atoms with Crippen LogP contribution in [-0.4, -0.2) is 57.6 Å². The molecule has 0 aromatic carbocycles. The molecule has 0 saturated carbocycles. The van der Waals surface area contributed by atoms with E-state index in [0.717, 1.165) is 38.5 Å². The maximum absolute atomic E-state index is 12.4. The number of rotatable bonds is 49. The zero-order valence-electron chi connectivity index (χ0n) is 39.2. The molecular weight excluding hydrogens is 789 g/mol. The Balaban J connectivity index is 3.78. The van der Waals surface area contributed by atoms with E-state index in [1.54, 1.807) is 0 Å². The lowest BCUT2D eigenvalue weighted by Crippen LogP contribution is -2.43. The van der Waals surface area contributed by atoms with E-state index < -0.39 is 24.0 Å². The summed E-state index contributed by atoms with van der Waals surface area (Å²) < 4.78 is 0. The summed E-state index contributed by atoms with van der Waals surface area (Å²) in [7, 11) is 2.41. The van der Waals surface area contributed by atoms with Crippen molar-refractivity contribution in [1.82, 2.24) is 10.6 Å². The van der Waals surface area contributed by atoms with Gasteiger partial charge in [0.1, 0.15) is 12.1 Å². The first-order valence-electron chi connectivity index (χ1n) is 25.6. The number of carboxylic acid groups (broad SMARTS) is 2. The second kappa shape index (κ2) is 47.1. The van der Waals surface area contributed by atoms with Gasteiger partial charge in [0, 0.05) is 24.3 Å². The highest BCUT2D eigenvalue weighted by atomic mass is 33.1. The van der Waals surface area contributed by atoms with Gasteiger partial charge in [-0.15, -0.1) is 0 Å². The van der Waals surface area contributed by atoms with Gasteiger partial charge < -0.3 is 20.8 Å². The molecule has 0 fully saturated rings. The fourth-order valence-electron chi connectivity index (χ4n) is 7.84. The molecule has 60 heavy (non-hydrogen) atoms. The Kier molecular flexibility index (Phi) is 46.0. The average Bonchev–Trinajstić information content (AvgIpc) is 3.22. The van der Waals surface area contributed by atoms with Gasteiger partial charge in [0.15, 0.2) is 0 Å². The first-order chi connectivity index (χ1) is 29.3. The van der Waals surface area contributed by atoms with E-state index in [0.29, 0.717) is 12.8 Å². The zero-order valence-corrected chi connectivity index (χ0v) is 40.8. The highest BCUT2D eigenvalue weighted by molar-refractivity contribution is 8.76. The van der Waals surface area contributed by atoms with Crippen LogP contribution in [0.25, 0.3) is 0 Å². The van der Waals surface area contributed by atoms with Crippen LogP contribution < -0.4 is 10.6 Å². The molecule has 2 amide bonds. The van der Waals surface area contributed by atoms with Crippen molar-refractivity contribution in [2.24, 2.45) is 0 Å². The summed E-state index contributed by atoms with van der Waals surface area (Å²) in [5, 5.41) is 24.5. The zero-order chi connectivity index (χ0) is 44.0. The fourth-order valence-corrected chi connectivity index (χ4v) is 10.2. The van der Waals surface area contributed by atoms with Crippen molar-refractivity contribution in [1.29, 1.82) is 0 Å². The topological polar surface area (TPSA) is 133 Å². The largest absolute Gasteiger partial charge is 0.480 e. The van der Waals surface area contributed by atoms with E-state index in [9.17, 15) is 29.4 Å². The molecule has 0 aliphatic carbocycles. The first kappa shape index (κ1) is 58.6. The normalized spacial score (nSPS) is 12.4.